The van der Waals surface area contributed by atoms with E-state index in [1.807, 2.05) is 0 Å². The van der Waals surface area contributed by atoms with E-state index in [4.69, 9.17) is 10.2 Å². The molecule has 0 aliphatic carbocycles. The molecule has 5 nitrogen and oxygen atoms in total. The number of carbonyl (C=O) groups excluding carboxylic acids is 1. The quantitative estimate of drug-likeness (QED) is 0.611. The molecule has 1 aromatic rings. The molecular weight excluding hydrogens is 236 g/mol. The maximum Gasteiger partial charge on any atom is 0.332 e. The van der Waals surface area contributed by atoms with E-state index < -0.39 is 29.7 Å². The summed E-state index contributed by atoms with van der Waals surface area (Å²) in [5.41, 5.74) is -0.363. The van der Waals surface area contributed by atoms with Crippen LogP contribution >= 0.6 is 0 Å². The van der Waals surface area contributed by atoms with Crippen LogP contribution in [0.2, 0.25) is 0 Å². The molecule has 0 aliphatic rings. The van der Waals surface area contributed by atoms with Gasteiger partial charge >= 0.3 is 11.9 Å². The number of Topliss-reactive ketones (excluding diaryl/α,β-unsaturated/α-hetero) is 1. The van der Waals surface area contributed by atoms with Gasteiger partial charge in [-0.1, -0.05) is 30.3 Å². The summed E-state index contributed by atoms with van der Waals surface area (Å²) in [4.78, 5) is 33.5. The average Bonchev–Trinajstić information content (AvgIpc) is 2.35. The molecule has 0 aliphatic heterocycles. The summed E-state index contributed by atoms with van der Waals surface area (Å²) >= 11 is 0. The summed E-state index contributed by atoms with van der Waals surface area (Å²) in [7, 11) is 0. The zero-order valence-electron chi connectivity index (χ0n) is 9.71. The van der Waals surface area contributed by atoms with Gasteiger partial charge in [0.2, 0.25) is 0 Å². The predicted octanol–water partition coefficient (Wildman–Crippen LogP) is 1.75. The molecule has 0 amide bonds. The number of hydrogen-bond acceptors (Lipinski definition) is 3. The Bertz CT molecular complexity index is 513. The van der Waals surface area contributed by atoms with Gasteiger partial charge in [0.1, 0.15) is 0 Å². The normalized spacial score (nSPS) is 11.6. The molecule has 2 N–H and O–H groups in total. The van der Waals surface area contributed by atoms with Crippen LogP contribution < -0.4 is 0 Å². The lowest BCUT2D eigenvalue weighted by Gasteiger charge is -2.04. The summed E-state index contributed by atoms with van der Waals surface area (Å²) < 4.78 is 0. The molecule has 0 aromatic heterocycles. The molecule has 0 fully saturated rings. The third kappa shape index (κ3) is 3.28. The highest BCUT2D eigenvalue weighted by molar-refractivity contribution is 6.06. The van der Waals surface area contributed by atoms with Crippen molar-refractivity contribution in [1.29, 1.82) is 0 Å². The molecule has 0 saturated carbocycles. The van der Waals surface area contributed by atoms with Crippen LogP contribution in [0.4, 0.5) is 0 Å². The molecular formula is C13H12O5. The summed E-state index contributed by atoms with van der Waals surface area (Å²) in [6, 6.07) is 8.14. The van der Waals surface area contributed by atoms with Gasteiger partial charge in [-0.05, 0) is 6.92 Å². The maximum absolute atomic E-state index is 11.8. The number of hydrogen-bond donors (Lipinski definition) is 2. The van der Waals surface area contributed by atoms with Crippen LogP contribution in [-0.2, 0) is 9.59 Å². The second-order valence-corrected chi connectivity index (χ2v) is 3.68. The van der Waals surface area contributed by atoms with E-state index in [0.717, 1.165) is 0 Å². The Kier molecular flexibility index (Phi) is 4.37. The van der Waals surface area contributed by atoms with Crippen LogP contribution in [0.25, 0.3) is 0 Å². The number of benzene rings is 1. The Balaban J connectivity index is 3.01. The van der Waals surface area contributed by atoms with Crippen molar-refractivity contribution >= 4 is 17.7 Å². The Morgan fingerprint density at radius 2 is 1.56 bits per heavy atom. The van der Waals surface area contributed by atoms with Gasteiger partial charge in [0.25, 0.3) is 0 Å². The number of ketones is 1. The largest absolute Gasteiger partial charge is 0.478 e. The first-order chi connectivity index (χ1) is 8.43. The molecule has 0 radical (unpaired) electrons. The second kappa shape index (κ2) is 5.77. The van der Waals surface area contributed by atoms with Crippen molar-refractivity contribution in [2.24, 2.45) is 0 Å². The minimum Gasteiger partial charge on any atom is -0.478 e. The van der Waals surface area contributed by atoms with Gasteiger partial charge in [-0.2, -0.15) is 0 Å². The highest BCUT2D eigenvalue weighted by atomic mass is 16.4. The van der Waals surface area contributed by atoms with Crippen LogP contribution in [-0.4, -0.2) is 27.9 Å². The first-order valence-corrected chi connectivity index (χ1v) is 5.18. The van der Waals surface area contributed by atoms with Gasteiger partial charge in [0.05, 0.1) is 5.57 Å². The highest BCUT2D eigenvalue weighted by Crippen LogP contribution is 2.14. The molecule has 0 atom stereocenters. The monoisotopic (exact) mass is 248 g/mol. The van der Waals surface area contributed by atoms with Gasteiger partial charge in [0, 0.05) is 17.6 Å². The van der Waals surface area contributed by atoms with Crippen LogP contribution in [0.3, 0.4) is 0 Å². The SMILES string of the molecule is C/C(C(=O)O)=C(/CC(=O)c1ccccc1)C(=O)O. The van der Waals surface area contributed by atoms with Crippen LogP contribution in [0.15, 0.2) is 41.5 Å². The third-order valence-electron chi connectivity index (χ3n) is 2.46. The van der Waals surface area contributed by atoms with Crippen LogP contribution in [0.5, 0.6) is 0 Å². The molecule has 94 valence electrons. The number of rotatable bonds is 5. The topological polar surface area (TPSA) is 91.7 Å². The van der Waals surface area contributed by atoms with Crippen molar-refractivity contribution in [3.05, 3.63) is 47.0 Å². The molecule has 1 rings (SSSR count). The number of carbonyl (C=O) groups is 3. The number of carboxylic acid groups (broad SMARTS) is 2. The lowest BCUT2D eigenvalue weighted by molar-refractivity contribution is -0.135. The summed E-state index contributed by atoms with van der Waals surface area (Å²) in [5.74, 6) is -3.15. The molecule has 0 heterocycles. The second-order valence-electron chi connectivity index (χ2n) is 3.68. The Labute approximate surface area is 103 Å². The first-order valence-electron chi connectivity index (χ1n) is 5.18. The Morgan fingerprint density at radius 1 is 1.00 bits per heavy atom. The smallest absolute Gasteiger partial charge is 0.332 e. The lowest BCUT2D eigenvalue weighted by Crippen LogP contribution is -2.13. The zero-order chi connectivity index (χ0) is 13.7. The molecule has 0 unspecified atom stereocenters. The zero-order valence-corrected chi connectivity index (χ0v) is 9.71. The molecule has 5 heteroatoms. The number of aliphatic carboxylic acids is 2. The van der Waals surface area contributed by atoms with Crippen molar-refractivity contribution in [3.63, 3.8) is 0 Å². The highest BCUT2D eigenvalue weighted by Gasteiger charge is 2.20. The van der Waals surface area contributed by atoms with Gasteiger partial charge in [-0.15, -0.1) is 0 Å². The van der Waals surface area contributed by atoms with E-state index in [1.54, 1.807) is 30.3 Å². The number of carboxylic acids is 2. The summed E-state index contributed by atoms with van der Waals surface area (Å²) in [6.07, 6.45) is -0.433. The van der Waals surface area contributed by atoms with E-state index in [-0.39, 0.29) is 5.57 Å². The fourth-order valence-electron chi connectivity index (χ4n) is 1.38. The fourth-order valence-corrected chi connectivity index (χ4v) is 1.38. The maximum atomic E-state index is 11.8. The fraction of sp³-hybridized carbons (Fsp3) is 0.154. The average molecular weight is 248 g/mol. The van der Waals surface area contributed by atoms with Crippen molar-refractivity contribution in [1.82, 2.24) is 0 Å². The van der Waals surface area contributed by atoms with Crippen molar-refractivity contribution in [3.8, 4) is 0 Å². The van der Waals surface area contributed by atoms with E-state index in [2.05, 4.69) is 0 Å². The molecule has 0 bridgehead atoms. The minimum atomic E-state index is -1.39. The van der Waals surface area contributed by atoms with Crippen molar-refractivity contribution in [2.45, 2.75) is 13.3 Å². The van der Waals surface area contributed by atoms with Gasteiger partial charge in [0.15, 0.2) is 5.78 Å². The first kappa shape index (κ1) is 13.6. The van der Waals surface area contributed by atoms with Crippen LogP contribution in [0, 0.1) is 0 Å². The summed E-state index contributed by atoms with van der Waals surface area (Å²) in [5, 5.41) is 17.7. The summed E-state index contributed by atoms with van der Waals surface area (Å²) in [6.45, 7) is 1.17. The molecule has 0 saturated heterocycles. The van der Waals surface area contributed by atoms with E-state index in [9.17, 15) is 14.4 Å². The van der Waals surface area contributed by atoms with E-state index >= 15 is 0 Å². The van der Waals surface area contributed by atoms with Gasteiger partial charge in [-0.25, -0.2) is 9.59 Å². The third-order valence-corrected chi connectivity index (χ3v) is 2.46. The predicted molar refractivity (Wildman–Crippen MR) is 63.4 cm³/mol. The molecule has 18 heavy (non-hydrogen) atoms. The van der Waals surface area contributed by atoms with E-state index in [1.165, 1.54) is 6.92 Å². The standard InChI is InChI=1S/C13H12O5/c1-8(12(15)16)10(13(17)18)7-11(14)9-5-3-2-4-6-9/h2-6H,7H2,1H3,(H,15,16)(H,17,18)/b10-8+. The minimum absolute atomic E-state index is 0.327. The van der Waals surface area contributed by atoms with Crippen LogP contribution in [0.1, 0.15) is 23.7 Å². The van der Waals surface area contributed by atoms with E-state index in [0.29, 0.717) is 5.56 Å². The van der Waals surface area contributed by atoms with Crippen molar-refractivity contribution < 1.29 is 24.6 Å². The lowest BCUT2D eigenvalue weighted by atomic mass is 9.99. The Morgan fingerprint density at radius 3 is 2.00 bits per heavy atom. The molecule has 0 spiro atoms. The molecule has 1 aromatic carbocycles. The van der Waals surface area contributed by atoms with Crippen molar-refractivity contribution in [2.75, 3.05) is 0 Å². The van der Waals surface area contributed by atoms with Gasteiger partial charge in [-0.3, -0.25) is 4.79 Å². The van der Waals surface area contributed by atoms with Gasteiger partial charge < -0.3 is 10.2 Å². The Hall–Kier alpha value is -2.43.